The van der Waals surface area contributed by atoms with Crippen LogP contribution in [0.25, 0.3) is 22.2 Å². The molecule has 0 spiro atoms. The molecular formula is C16H17FN4O. The predicted octanol–water partition coefficient (Wildman–Crippen LogP) is 3.09. The van der Waals surface area contributed by atoms with Crippen LogP contribution in [0.3, 0.4) is 0 Å². The summed E-state index contributed by atoms with van der Waals surface area (Å²) in [5, 5.41) is 5.45. The number of halogens is 1. The van der Waals surface area contributed by atoms with E-state index in [1.165, 1.54) is 6.20 Å². The zero-order valence-electron chi connectivity index (χ0n) is 12.3. The molecule has 1 fully saturated rings. The Morgan fingerprint density at radius 1 is 1.50 bits per heavy atom. The van der Waals surface area contributed by atoms with E-state index in [1.54, 1.807) is 6.20 Å². The molecule has 22 heavy (non-hydrogen) atoms. The molecule has 5 nitrogen and oxygen atoms in total. The third-order valence-corrected chi connectivity index (χ3v) is 4.24. The monoisotopic (exact) mass is 300 g/mol. The Hall–Kier alpha value is -2.21. The minimum atomic E-state index is -0.317. The van der Waals surface area contributed by atoms with Crippen LogP contribution in [0.15, 0.2) is 24.7 Å². The van der Waals surface area contributed by atoms with Crippen LogP contribution in [0.2, 0.25) is 0 Å². The third kappa shape index (κ3) is 2.02. The molecule has 1 aliphatic heterocycles. The number of aromatic amines is 1. The average molecular weight is 300 g/mol. The molecule has 1 aliphatic rings. The minimum absolute atomic E-state index is 0.226. The largest absolute Gasteiger partial charge is 0.381 e. The van der Waals surface area contributed by atoms with Gasteiger partial charge in [-0.15, -0.1) is 0 Å². The third-order valence-electron chi connectivity index (χ3n) is 4.24. The highest BCUT2D eigenvalue weighted by atomic mass is 19.1. The van der Waals surface area contributed by atoms with E-state index >= 15 is 0 Å². The van der Waals surface area contributed by atoms with Gasteiger partial charge in [0.1, 0.15) is 11.5 Å². The van der Waals surface area contributed by atoms with Gasteiger partial charge in [0.05, 0.1) is 18.5 Å². The number of aryl methyl sites for hydroxylation is 1. The zero-order chi connectivity index (χ0) is 15.1. The molecule has 3 aromatic heterocycles. The number of hydrogen-bond acceptors (Lipinski definition) is 3. The van der Waals surface area contributed by atoms with Gasteiger partial charge in [0.2, 0.25) is 0 Å². The van der Waals surface area contributed by atoms with E-state index in [0.29, 0.717) is 17.8 Å². The highest BCUT2D eigenvalue weighted by Crippen LogP contribution is 2.37. The molecule has 4 rings (SSSR count). The van der Waals surface area contributed by atoms with Crippen molar-refractivity contribution in [3.8, 4) is 11.1 Å². The maximum atomic E-state index is 14.5. The van der Waals surface area contributed by atoms with Gasteiger partial charge in [-0.3, -0.25) is 4.68 Å². The molecule has 0 bridgehead atoms. The molecule has 1 N–H and O–H groups in total. The highest BCUT2D eigenvalue weighted by molar-refractivity contribution is 5.93. The summed E-state index contributed by atoms with van der Waals surface area (Å²) < 4.78 is 21.9. The number of nitrogens with zero attached hydrogens (tertiary/aromatic N) is 3. The summed E-state index contributed by atoms with van der Waals surface area (Å²) in [5.74, 6) is -0.0905. The summed E-state index contributed by atoms with van der Waals surface area (Å²) in [6.07, 6.45) is 5.91. The van der Waals surface area contributed by atoms with Crippen molar-refractivity contribution in [2.75, 3.05) is 13.2 Å². The number of nitrogens with one attached hydrogen (secondary N) is 1. The van der Waals surface area contributed by atoms with Crippen LogP contribution in [0.1, 0.15) is 25.0 Å². The molecular weight excluding hydrogens is 283 g/mol. The number of pyridine rings is 1. The van der Waals surface area contributed by atoms with Gasteiger partial charge in [-0.1, -0.05) is 0 Å². The van der Waals surface area contributed by atoms with Gasteiger partial charge in [0.15, 0.2) is 0 Å². The fraction of sp³-hybridized carbons (Fsp3) is 0.375. The first-order chi connectivity index (χ1) is 10.8. The summed E-state index contributed by atoms with van der Waals surface area (Å²) in [5.41, 5.74) is 3.04. The average Bonchev–Trinajstić information content (AvgIpc) is 3.26. The minimum Gasteiger partial charge on any atom is -0.381 e. The quantitative estimate of drug-likeness (QED) is 0.808. The van der Waals surface area contributed by atoms with Crippen molar-refractivity contribution < 1.29 is 9.13 Å². The maximum Gasteiger partial charge on any atom is 0.150 e. The lowest BCUT2D eigenvalue weighted by Gasteiger charge is -2.09. The predicted molar refractivity (Wildman–Crippen MR) is 81.1 cm³/mol. The second kappa shape index (κ2) is 5.21. The second-order valence-electron chi connectivity index (χ2n) is 5.57. The van der Waals surface area contributed by atoms with E-state index in [0.717, 1.165) is 36.2 Å². The van der Waals surface area contributed by atoms with Gasteiger partial charge >= 0.3 is 0 Å². The van der Waals surface area contributed by atoms with Crippen molar-refractivity contribution in [3.05, 3.63) is 36.2 Å². The molecule has 114 valence electrons. The van der Waals surface area contributed by atoms with Crippen molar-refractivity contribution in [3.63, 3.8) is 0 Å². The van der Waals surface area contributed by atoms with Gasteiger partial charge in [0.25, 0.3) is 0 Å². The van der Waals surface area contributed by atoms with Crippen LogP contribution < -0.4 is 0 Å². The number of aromatic nitrogens is 4. The molecule has 0 radical (unpaired) electrons. The first kappa shape index (κ1) is 13.5. The first-order valence-corrected chi connectivity index (χ1v) is 7.55. The number of ether oxygens (including phenoxy) is 1. The van der Waals surface area contributed by atoms with Crippen molar-refractivity contribution in [2.45, 2.75) is 25.8 Å². The van der Waals surface area contributed by atoms with E-state index in [1.807, 2.05) is 23.9 Å². The Morgan fingerprint density at radius 2 is 2.41 bits per heavy atom. The molecule has 1 unspecified atom stereocenters. The van der Waals surface area contributed by atoms with Crippen LogP contribution in [0, 0.1) is 5.82 Å². The fourth-order valence-electron chi connectivity index (χ4n) is 3.10. The molecule has 0 saturated carbocycles. The highest BCUT2D eigenvalue weighted by Gasteiger charge is 2.27. The summed E-state index contributed by atoms with van der Waals surface area (Å²) in [6.45, 7) is 4.17. The number of rotatable bonds is 3. The lowest BCUT2D eigenvalue weighted by Crippen LogP contribution is -2.03. The van der Waals surface area contributed by atoms with Crippen LogP contribution in [0.5, 0.6) is 0 Å². The molecule has 3 aromatic rings. The van der Waals surface area contributed by atoms with Gasteiger partial charge in [-0.25, -0.2) is 9.37 Å². The van der Waals surface area contributed by atoms with Crippen LogP contribution >= 0.6 is 0 Å². The van der Waals surface area contributed by atoms with Crippen molar-refractivity contribution in [1.29, 1.82) is 0 Å². The van der Waals surface area contributed by atoms with Crippen LogP contribution in [0.4, 0.5) is 4.39 Å². The normalized spacial score (nSPS) is 18.4. The molecule has 1 atom stereocenters. The van der Waals surface area contributed by atoms with Crippen LogP contribution in [-0.4, -0.2) is 33.0 Å². The molecule has 1 saturated heterocycles. The number of fused-ring (bicyclic) bond motifs is 1. The topological polar surface area (TPSA) is 55.7 Å². The number of hydrogen-bond donors (Lipinski definition) is 1. The van der Waals surface area contributed by atoms with E-state index in [-0.39, 0.29) is 11.7 Å². The van der Waals surface area contributed by atoms with E-state index < -0.39 is 0 Å². The van der Waals surface area contributed by atoms with Gasteiger partial charge in [0, 0.05) is 48.0 Å². The Labute approximate surface area is 127 Å². The summed E-state index contributed by atoms with van der Waals surface area (Å²) in [7, 11) is 0. The maximum absolute atomic E-state index is 14.5. The molecule has 6 heteroatoms. The summed E-state index contributed by atoms with van der Waals surface area (Å²) in [4.78, 5) is 7.14. The molecule has 4 heterocycles. The summed E-state index contributed by atoms with van der Waals surface area (Å²) >= 11 is 0. The van der Waals surface area contributed by atoms with E-state index in [2.05, 4.69) is 15.1 Å². The first-order valence-electron chi connectivity index (χ1n) is 7.55. The Kier molecular flexibility index (Phi) is 3.18. The van der Waals surface area contributed by atoms with E-state index in [9.17, 15) is 4.39 Å². The lowest BCUT2D eigenvalue weighted by molar-refractivity contribution is 0.193. The summed E-state index contributed by atoms with van der Waals surface area (Å²) in [6, 6.07) is 1.86. The van der Waals surface area contributed by atoms with Crippen LogP contribution in [-0.2, 0) is 11.3 Å². The second-order valence-corrected chi connectivity index (χ2v) is 5.57. The number of H-pyrrole nitrogens is 1. The van der Waals surface area contributed by atoms with Gasteiger partial charge in [-0.05, 0) is 19.4 Å². The molecule has 0 amide bonds. The lowest BCUT2D eigenvalue weighted by atomic mass is 9.96. The molecule has 0 aliphatic carbocycles. The standard InChI is InChI=1S/C16H17FN4O/c1-2-21-8-12(15(20-21)10-4-6-22-9-10)14-11-3-5-18-16(11)19-7-13(14)17/h3,5,7-8,10H,2,4,6,9H2,1H3,(H,18,19). The Balaban J connectivity index is 1.95. The van der Waals surface area contributed by atoms with Crippen molar-refractivity contribution >= 4 is 11.0 Å². The zero-order valence-corrected chi connectivity index (χ0v) is 12.3. The van der Waals surface area contributed by atoms with Crippen molar-refractivity contribution in [2.24, 2.45) is 0 Å². The fourth-order valence-corrected chi connectivity index (χ4v) is 3.10. The Bertz CT molecular complexity index is 817. The van der Waals surface area contributed by atoms with Crippen molar-refractivity contribution in [1.82, 2.24) is 19.7 Å². The smallest absolute Gasteiger partial charge is 0.150 e. The molecule has 0 aromatic carbocycles. The Morgan fingerprint density at radius 3 is 3.18 bits per heavy atom. The SMILES string of the molecule is CCn1cc(-c2c(F)cnc3[nH]ccc23)c(C2CCOC2)n1. The van der Waals surface area contributed by atoms with Gasteiger partial charge in [-0.2, -0.15) is 5.10 Å². The van der Waals surface area contributed by atoms with Gasteiger partial charge < -0.3 is 9.72 Å². The van der Waals surface area contributed by atoms with E-state index in [4.69, 9.17) is 4.74 Å².